The number of aromatic nitrogens is 2. The van der Waals surface area contributed by atoms with Crippen LogP contribution in [0.2, 0.25) is 0 Å². The molecule has 2 unspecified atom stereocenters. The molecule has 4 nitrogen and oxygen atoms in total. The number of nitrogens with zero attached hydrogens (tertiary/aromatic N) is 3. The monoisotopic (exact) mass is 471 g/mol. The molecule has 1 saturated carbocycles. The van der Waals surface area contributed by atoms with Crippen molar-refractivity contribution >= 4 is 17.4 Å². The highest BCUT2D eigenvalue weighted by molar-refractivity contribution is 7.90. The molecule has 1 aromatic heterocycles. The molecule has 0 radical (unpaired) electrons. The van der Waals surface area contributed by atoms with Gasteiger partial charge in [-0.1, -0.05) is 25.8 Å². The summed E-state index contributed by atoms with van der Waals surface area (Å²) in [5, 5.41) is 4.65. The Morgan fingerprint density at radius 3 is 2.64 bits per heavy atom. The lowest BCUT2D eigenvalue weighted by atomic mass is 9.68. The first-order chi connectivity index (χ1) is 15.5. The number of halogens is 1. The lowest BCUT2D eigenvalue weighted by Gasteiger charge is -2.40. The molecule has 1 aromatic carbocycles. The molecule has 2 aliphatic rings. The van der Waals surface area contributed by atoms with Crippen LogP contribution in [0.3, 0.4) is 0 Å². The molecular formula is C27H38FN3OS. The molecule has 180 valence electrons. The molecule has 1 fully saturated rings. The van der Waals surface area contributed by atoms with E-state index in [1.165, 1.54) is 29.7 Å². The fraction of sp³-hybridized carbons (Fsp3) is 0.593. The predicted octanol–water partition coefficient (Wildman–Crippen LogP) is 6.32. The lowest BCUT2D eigenvalue weighted by Crippen LogP contribution is -2.47. The van der Waals surface area contributed by atoms with Crippen LogP contribution in [0.1, 0.15) is 78.0 Å². The summed E-state index contributed by atoms with van der Waals surface area (Å²) in [5.74, 6) is 0.324. The highest BCUT2D eigenvalue weighted by Crippen LogP contribution is 2.55. The van der Waals surface area contributed by atoms with E-state index in [-0.39, 0.29) is 16.0 Å². The fourth-order valence-corrected chi connectivity index (χ4v) is 7.10. The first-order valence-corrected chi connectivity index (χ1v) is 13.3. The second-order valence-electron chi connectivity index (χ2n) is 11.0. The molecule has 2 aliphatic carbocycles. The second-order valence-corrected chi connectivity index (χ2v) is 13.3. The van der Waals surface area contributed by atoms with Gasteiger partial charge >= 0.3 is 0 Å². The van der Waals surface area contributed by atoms with E-state index in [4.69, 9.17) is 0 Å². The van der Waals surface area contributed by atoms with Crippen molar-refractivity contribution in [2.24, 2.45) is 11.3 Å². The summed E-state index contributed by atoms with van der Waals surface area (Å²) < 4.78 is 30.4. The minimum absolute atomic E-state index is 0.111. The standard InChI is InChI=1S/C27H38FN3OS/c1-7-8-24(30(6)33(32)26(2,3)4)15-20-9-10-21-16-25-19(17-27(20,21)5)18-29-31(25)23-13-11-22(28)12-14-23/h11-14,16,18,20,24H,7-10,15,17H2,1-6H3/t20-,24?,27-,33?/m1/s1. The van der Waals surface area contributed by atoms with Crippen LogP contribution in [-0.4, -0.2) is 36.5 Å². The molecule has 33 heavy (non-hydrogen) atoms. The number of allylic oxidation sites excluding steroid dienone is 1. The number of rotatable bonds is 7. The Bertz CT molecular complexity index is 1010. The molecule has 0 saturated heterocycles. The van der Waals surface area contributed by atoms with E-state index in [0.717, 1.165) is 43.5 Å². The van der Waals surface area contributed by atoms with E-state index >= 15 is 0 Å². The van der Waals surface area contributed by atoms with Gasteiger partial charge in [-0.15, -0.1) is 4.31 Å². The highest BCUT2D eigenvalue weighted by atomic mass is 32.2. The van der Waals surface area contributed by atoms with Crippen molar-refractivity contribution in [1.82, 2.24) is 14.1 Å². The SMILES string of the molecule is CCCC(C[C@H]1CCC2=Cc3c(cnn3-c3ccc(F)cc3)C[C@@]21C)N(C)[S+]([O-])C(C)(C)C. The minimum Gasteiger partial charge on any atom is -0.598 e. The van der Waals surface area contributed by atoms with Crippen molar-refractivity contribution in [3.8, 4) is 5.69 Å². The van der Waals surface area contributed by atoms with Crippen molar-refractivity contribution in [2.45, 2.75) is 83.9 Å². The summed E-state index contributed by atoms with van der Waals surface area (Å²) in [7, 11) is 2.04. The van der Waals surface area contributed by atoms with E-state index < -0.39 is 11.4 Å². The summed E-state index contributed by atoms with van der Waals surface area (Å²) in [6.07, 6.45) is 10.8. The van der Waals surface area contributed by atoms with Gasteiger partial charge in [0.1, 0.15) is 10.6 Å². The third-order valence-corrected chi connectivity index (χ3v) is 9.57. The first-order valence-electron chi connectivity index (χ1n) is 12.2. The van der Waals surface area contributed by atoms with Crippen LogP contribution in [0.5, 0.6) is 0 Å². The molecule has 1 heterocycles. The van der Waals surface area contributed by atoms with Gasteiger partial charge in [0.2, 0.25) is 0 Å². The van der Waals surface area contributed by atoms with Crippen LogP contribution in [0.15, 0.2) is 36.0 Å². The average molecular weight is 472 g/mol. The van der Waals surface area contributed by atoms with E-state index in [1.807, 2.05) is 17.9 Å². The van der Waals surface area contributed by atoms with Gasteiger partial charge in [0.05, 0.1) is 23.6 Å². The molecule has 0 bridgehead atoms. The van der Waals surface area contributed by atoms with E-state index in [1.54, 1.807) is 12.1 Å². The molecular weight excluding hydrogens is 433 g/mol. The van der Waals surface area contributed by atoms with Gasteiger partial charge in [0.15, 0.2) is 0 Å². The maximum absolute atomic E-state index is 13.4. The topological polar surface area (TPSA) is 44.1 Å². The third kappa shape index (κ3) is 4.67. The highest BCUT2D eigenvalue weighted by Gasteiger charge is 2.47. The van der Waals surface area contributed by atoms with Crippen LogP contribution in [0.25, 0.3) is 11.8 Å². The Hall–Kier alpha value is -1.63. The van der Waals surface area contributed by atoms with E-state index in [0.29, 0.717) is 12.0 Å². The van der Waals surface area contributed by atoms with Crippen LogP contribution < -0.4 is 0 Å². The molecule has 2 aromatic rings. The maximum Gasteiger partial charge on any atom is 0.137 e. The van der Waals surface area contributed by atoms with Gasteiger partial charge in [-0.05, 0) is 100 Å². The average Bonchev–Trinajstić information content (AvgIpc) is 3.30. The van der Waals surface area contributed by atoms with Gasteiger partial charge in [0.25, 0.3) is 0 Å². The Kier molecular flexibility index (Phi) is 6.83. The first kappa shape index (κ1) is 24.5. The van der Waals surface area contributed by atoms with Crippen molar-refractivity contribution in [3.63, 3.8) is 0 Å². The van der Waals surface area contributed by atoms with Gasteiger partial charge in [-0.25, -0.2) is 9.07 Å². The summed E-state index contributed by atoms with van der Waals surface area (Å²) in [6.45, 7) is 10.8. The van der Waals surface area contributed by atoms with Crippen LogP contribution >= 0.6 is 0 Å². The van der Waals surface area contributed by atoms with Crippen molar-refractivity contribution < 1.29 is 8.94 Å². The van der Waals surface area contributed by atoms with Crippen LogP contribution in [0.4, 0.5) is 4.39 Å². The van der Waals surface area contributed by atoms with Gasteiger partial charge in [0, 0.05) is 18.4 Å². The molecule has 0 amide bonds. The Morgan fingerprint density at radius 2 is 2.00 bits per heavy atom. The van der Waals surface area contributed by atoms with Crippen molar-refractivity contribution in [2.75, 3.05) is 7.05 Å². The van der Waals surface area contributed by atoms with E-state index in [9.17, 15) is 8.94 Å². The van der Waals surface area contributed by atoms with Gasteiger partial charge in [-0.2, -0.15) is 5.10 Å². The van der Waals surface area contributed by atoms with Gasteiger partial charge in [-0.3, -0.25) is 0 Å². The molecule has 4 rings (SSSR count). The molecule has 0 aliphatic heterocycles. The largest absolute Gasteiger partial charge is 0.598 e. The van der Waals surface area contributed by atoms with Crippen molar-refractivity contribution in [3.05, 3.63) is 53.1 Å². The van der Waals surface area contributed by atoms with Crippen LogP contribution in [0, 0.1) is 17.2 Å². The number of fused-ring (bicyclic) bond motifs is 2. The van der Waals surface area contributed by atoms with E-state index in [2.05, 4.69) is 50.1 Å². The summed E-state index contributed by atoms with van der Waals surface area (Å²) >= 11 is -1.01. The zero-order valence-corrected chi connectivity index (χ0v) is 21.7. The number of hydrogen-bond donors (Lipinski definition) is 0. The predicted molar refractivity (Wildman–Crippen MR) is 135 cm³/mol. The molecule has 0 N–H and O–H groups in total. The fourth-order valence-electron chi connectivity index (χ4n) is 5.78. The minimum atomic E-state index is -1.01. The third-order valence-electron chi connectivity index (χ3n) is 7.70. The molecule has 0 spiro atoms. The molecule has 6 heteroatoms. The summed E-state index contributed by atoms with van der Waals surface area (Å²) in [4.78, 5) is 0. The van der Waals surface area contributed by atoms with Gasteiger partial charge < -0.3 is 4.55 Å². The number of benzene rings is 1. The molecule has 4 atom stereocenters. The second kappa shape index (κ2) is 9.20. The van der Waals surface area contributed by atoms with Crippen molar-refractivity contribution in [1.29, 1.82) is 0 Å². The Balaban J connectivity index is 1.58. The zero-order chi connectivity index (χ0) is 24.0. The Labute approximate surface area is 201 Å². The smallest absolute Gasteiger partial charge is 0.137 e. The normalized spacial score (nSPS) is 24.4. The summed E-state index contributed by atoms with van der Waals surface area (Å²) in [5.41, 5.74) is 4.89. The zero-order valence-electron chi connectivity index (χ0n) is 20.9. The quantitative estimate of drug-likeness (QED) is 0.444. The van der Waals surface area contributed by atoms with Crippen LogP contribution in [-0.2, 0) is 17.8 Å². The Morgan fingerprint density at radius 1 is 1.30 bits per heavy atom. The lowest BCUT2D eigenvalue weighted by molar-refractivity contribution is 0.198. The summed E-state index contributed by atoms with van der Waals surface area (Å²) in [6, 6.07) is 6.86. The number of hydrogen-bond acceptors (Lipinski definition) is 3. The maximum atomic E-state index is 13.4.